The Balaban J connectivity index is 2.21. The number of hydrogen-bond acceptors (Lipinski definition) is 3. The van der Waals surface area contributed by atoms with E-state index in [2.05, 4.69) is 0 Å². The Labute approximate surface area is 159 Å². The fraction of sp³-hybridized carbons (Fsp3) is 0.211. The molecule has 0 saturated carbocycles. The zero-order valence-electron chi connectivity index (χ0n) is 13.9. The molecule has 2 aromatic carbocycles. The summed E-state index contributed by atoms with van der Waals surface area (Å²) in [5.41, 5.74) is 1.41. The first-order chi connectivity index (χ1) is 11.7. The van der Waals surface area contributed by atoms with E-state index in [9.17, 15) is 8.60 Å². The minimum absolute atomic E-state index is 0.161. The van der Waals surface area contributed by atoms with Crippen LogP contribution in [-0.4, -0.2) is 20.9 Å². The summed E-state index contributed by atoms with van der Waals surface area (Å²) >= 11 is 11.7. The number of ether oxygens (including phenoxy) is 1. The normalized spacial score (nSPS) is 17.6. The molecule has 1 atom stereocenters. The number of halogens is 2. The van der Waals surface area contributed by atoms with Crippen molar-refractivity contribution >= 4 is 50.8 Å². The lowest BCUT2D eigenvalue weighted by atomic mass is 9.94. The van der Waals surface area contributed by atoms with Crippen LogP contribution in [0.25, 0.3) is 11.3 Å². The highest BCUT2D eigenvalue weighted by molar-refractivity contribution is 7.84. The topological polar surface area (TPSA) is 26.3 Å². The third-order valence-electron chi connectivity index (χ3n) is 3.98. The molecule has 130 valence electrons. The van der Waals surface area contributed by atoms with Crippen LogP contribution in [0.15, 0.2) is 47.4 Å². The summed E-state index contributed by atoms with van der Waals surface area (Å²) in [6.45, 7) is 3.75. The Hall–Kier alpha value is -1.56. The van der Waals surface area contributed by atoms with E-state index in [0.717, 1.165) is 11.1 Å². The number of benzene rings is 2. The van der Waals surface area contributed by atoms with Crippen LogP contribution in [-0.2, 0) is 15.5 Å². The largest absolute Gasteiger partial charge is 0.481 e. The van der Waals surface area contributed by atoms with Crippen molar-refractivity contribution in [2.24, 2.45) is 0 Å². The number of hydrogen-bond donors (Lipinski definition) is 0. The third kappa shape index (κ3) is 3.41. The molecule has 2 nitrogen and oxygen atoms in total. The molecule has 0 bridgehead atoms. The van der Waals surface area contributed by atoms with Crippen LogP contribution in [0.4, 0.5) is 4.39 Å². The van der Waals surface area contributed by atoms with Gasteiger partial charge in [-0.25, -0.2) is 4.39 Å². The minimum Gasteiger partial charge on any atom is -0.481 e. The molecular weight excluding hydrogens is 379 g/mol. The third-order valence-corrected chi connectivity index (χ3v) is 5.86. The molecule has 1 aliphatic heterocycles. The van der Waals surface area contributed by atoms with Crippen LogP contribution in [0.1, 0.15) is 25.0 Å². The Morgan fingerprint density at radius 1 is 1.16 bits per heavy atom. The molecule has 2 aromatic rings. The highest BCUT2D eigenvalue weighted by atomic mass is 35.5. The maximum atomic E-state index is 14.3. The minimum atomic E-state index is -1.40. The smallest absolute Gasteiger partial charge is 0.140 e. The van der Waals surface area contributed by atoms with Crippen molar-refractivity contribution in [3.8, 4) is 0 Å². The summed E-state index contributed by atoms with van der Waals surface area (Å²) in [6.07, 6.45) is 1.44. The maximum Gasteiger partial charge on any atom is 0.140 e. The number of rotatable bonds is 3. The van der Waals surface area contributed by atoms with Gasteiger partial charge in [-0.05, 0) is 49.7 Å². The van der Waals surface area contributed by atoms with Gasteiger partial charge >= 0.3 is 0 Å². The quantitative estimate of drug-likeness (QED) is 0.664. The Morgan fingerprint density at radius 2 is 1.88 bits per heavy atom. The van der Waals surface area contributed by atoms with E-state index in [1.807, 2.05) is 26.0 Å². The molecule has 0 amide bonds. The van der Waals surface area contributed by atoms with Crippen molar-refractivity contribution < 1.29 is 13.3 Å². The van der Waals surface area contributed by atoms with E-state index in [1.165, 1.54) is 18.4 Å². The van der Waals surface area contributed by atoms with E-state index in [-0.39, 0.29) is 4.90 Å². The van der Waals surface area contributed by atoms with Gasteiger partial charge in [0.1, 0.15) is 17.2 Å². The van der Waals surface area contributed by atoms with Crippen LogP contribution < -0.4 is 0 Å². The molecule has 0 aliphatic carbocycles. The van der Waals surface area contributed by atoms with Crippen molar-refractivity contribution in [1.82, 2.24) is 0 Å². The molecule has 0 aromatic heterocycles. The Bertz CT molecular complexity index is 935. The zero-order chi connectivity index (χ0) is 18.4. The van der Waals surface area contributed by atoms with Gasteiger partial charge in [0.2, 0.25) is 0 Å². The number of thiocarbonyl (C=S) groups is 1. The van der Waals surface area contributed by atoms with Crippen molar-refractivity contribution in [1.29, 1.82) is 0 Å². The first-order valence-electron chi connectivity index (χ1n) is 7.58. The molecule has 6 heteroatoms. The van der Waals surface area contributed by atoms with E-state index in [4.69, 9.17) is 28.6 Å². The Kier molecular flexibility index (Phi) is 4.84. The van der Waals surface area contributed by atoms with E-state index < -0.39 is 22.2 Å². The summed E-state index contributed by atoms with van der Waals surface area (Å²) in [4.78, 5) is 0.793. The molecule has 25 heavy (non-hydrogen) atoms. The second-order valence-electron chi connectivity index (χ2n) is 6.26. The van der Waals surface area contributed by atoms with Crippen LogP contribution in [0.5, 0.6) is 0 Å². The predicted molar refractivity (Wildman–Crippen MR) is 105 cm³/mol. The van der Waals surface area contributed by atoms with Crippen LogP contribution in [0, 0.1) is 5.82 Å². The highest BCUT2D eigenvalue weighted by Gasteiger charge is 2.39. The Morgan fingerprint density at radius 3 is 2.48 bits per heavy atom. The summed E-state index contributed by atoms with van der Waals surface area (Å²) in [6, 6.07) is 11.9. The fourth-order valence-electron chi connectivity index (χ4n) is 2.74. The van der Waals surface area contributed by atoms with Gasteiger partial charge in [-0.1, -0.05) is 36.0 Å². The molecule has 1 aliphatic rings. The van der Waals surface area contributed by atoms with Crippen LogP contribution in [0.3, 0.4) is 0 Å². The van der Waals surface area contributed by atoms with E-state index in [0.29, 0.717) is 21.2 Å². The van der Waals surface area contributed by atoms with Gasteiger partial charge in [0.25, 0.3) is 0 Å². The molecule has 0 fully saturated rings. The lowest BCUT2D eigenvalue weighted by Gasteiger charge is -2.20. The molecule has 1 unspecified atom stereocenters. The van der Waals surface area contributed by atoms with Crippen LogP contribution in [0.2, 0.25) is 5.02 Å². The highest BCUT2D eigenvalue weighted by Crippen LogP contribution is 2.42. The SMILES string of the molecule is CS(=O)c1ccc(C2=C(c3cccc(Cl)c3)C(=S)C(C)(C)O2)cc1F. The average Bonchev–Trinajstić information content (AvgIpc) is 2.77. The fourth-order valence-corrected chi connectivity index (χ4v) is 3.78. The van der Waals surface area contributed by atoms with Gasteiger partial charge in [0.05, 0.1) is 20.6 Å². The lowest BCUT2D eigenvalue weighted by Crippen LogP contribution is -2.27. The van der Waals surface area contributed by atoms with E-state index >= 15 is 0 Å². The first kappa shape index (κ1) is 18.2. The second-order valence-corrected chi connectivity index (χ2v) is 8.45. The first-order valence-corrected chi connectivity index (χ1v) is 9.92. The molecule has 3 rings (SSSR count). The zero-order valence-corrected chi connectivity index (χ0v) is 16.3. The van der Waals surface area contributed by atoms with Crippen LogP contribution >= 0.6 is 23.8 Å². The van der Waals surface area contributed by atoms with E-state index in [1.54, 1.807) is 18.2 Å². The maximum absolute atomic E-state index is 14.3. The van der Waals surface area contributed by atoms with Gasteiger partial charge in [-0.3, -0.25) is 4.21 Å². The summed E-state index contributed by atoms with van der Waals surface area (Å²) in [7, 11) is -1.40. The average molecular weight is 395 g/mol. The molecule has 0 radical (unpaired) electrons. The summed E-state index contributed by atoms with van der Waals surface area (Å²) in [5, 5.41) is 0.583. The predicted octanol–water partition coefficient (Wildman–Crippen LogP) is 5.26. The standard InChI is InChI=1S/C19H16ClFO2S2/c1-19(2)18(24)16(11-5-4-6-13(20)9-11)17(23-19)12-7-8-15(25(3)22)14(21)10-12/h4-10H,1-3H3. The second kappa shape index (κ2) is 6.63. The van der Waals surface area contributed by atoms with Gasteiger partial charge < -0.3 is 4.74 Å². The molecule has 0 saturated heterocycles. The van der Waals surface area contributed by atoms with Crippen molar-refractivity contribution in [3.63, 3.8) is 0 Å². The molecule has 1 heterocycles. The van der Waals surface area contributed by atoms with Gasteiger partial charge in [-0.15, -0.1) is 0 Å². The molecule has 0 spiro atoms. The molecule has 0 N–H and O–H groups in total. The van der Waals surface area contributed by atoms with Crippen molar-refractivity contribution in [3.05, 3.63) is 64.4 Å². The van der Waals surface area contributed by atoms with Crippen molar-refractivity contribution in [2.75, 3.05) is 6.26 Å². The summed E-state index contributed by atoms with van der Waals surface area (Å²) < 4.78 is 31.9. The van der Waals surface area contributed by atoms with Gasteiger partial charge in [-0.2, -0.15) is 0 Å². The lowest BCUT2D eigenvalue weighted by molar-refractivity contribution is 0.160. The van der Waals surface area contributed by atoms with Gasteiger partial charge in [0.15, 0.2) is 0 Å². The van der Waals surface area contributed by atoms with Gasteiger partial charge in [0, 0.05) is 22.4 Å². The monoisotopic (exact) mass is 394 g/mol. The summed E-state index contributed by atoms with van der Waals surface area (Å²) in [5.74, 6) is -0.0277. The van der Waals surface area contributed by atoms with Crippen molar-refractivity contribution in [2.45, 2.75) is 24.3 Å². The molecular formula is C19H16ClFO2S2.